The minimum atomic E-state index is -0.215. The van der Waals surface area contributed by atoms with E-state index in [2.05, 4.69) is 26.3 Å². The number of nitrogens with zero attached hydrogens (tertiary/aromatic N) is 2. The fourth-order valence-corrected chi connectivity index (χ4v) is 2.81. The van der Waals surface area contributed by atoms with E-state index in [4.69, 9.17) is 5.26 Å². The zero-order valence-corrected chi connectivity index (χ0v) is 13.8. The minimum absolute atomic E-state index is 0.215. The number of H-pyrrole nitrogens is 2. The molecule has 0 saturated carbocycles. The largest absolute Gasteiger partial charge is 0.380 e. The summed E-state index contributed by atoms with van der Waals surface area (Å²) in [6.07, 6.45) is 3.56. The first kappa shape index (κ1) is 15.7. The Hall–Kier alpha value is -3.85. The average Bonchev–Trinajstić information content (AvgIpc) is 3.06. The number of aromatic nitrogens is 3. The topological polar surface area (TPSA) is 97.4 Å². The smallest absolute Gasteiger partial charge is 0.323 e. The molecule has 6 heteroatoms. The number of hydrogen-bond acceptors (Lipinski definition) is 4. The second kappa shape index (κ2) is 6.57. The molecule has 3 N–H and O–H groups in total. The van der Waals surface area contributed by atoms with E-state index in [-0.39, 0.29) is 5.69 Å². The molecule has 4 rings (SSSR count). The van der Waals surface area contributed by atoms with Gasteiger partial charge in [-0.15, -0.1) is 0 Å². The van der Waals surface area contributed by atoms with Crippen molar-refractivity contribution in [2.45, 2.75) is 6.54 Å². The summed E-state index contributed by atoms with van der Waals surface area (Å²) in [6.45, 7) is 0.640. The van der Waals surface area contributed by atoms with Crippen molar-refractivity contribution in [1.82, 2.24) is 15.0 Å². The molecular weight excluding hydrogens is 326 g/mol. The number of aromatic amines is 2. The normalized spacial score (nSPS) is 10.6. The summed E-state index contributed by atoms with van der Waals surface area (Å²) < 4.78 is 0. The standard InChI is InChI=1S/C20H15N5O/c21-9-13-1-3-14(4-2-13)10-23-17-7-16(11-22-12-17)15-5-6-18-19(8-15)25-20(26)24-18/h1-8,11-12,23H,10H2,(H2,24,25,26). The summed E-state index contributed by atoms with van der Waals surface area (Å²) in [7, 11) is 0. The summed E-state index contributed by atoms with van der Waals surface area (Å²) >= 11 is 0. The van der Waals surface area contributed by atoms with E-state index in [0.29, 0.717) is 12.1 Å². The zero-order chi connectivity index (χ0) is 17.9. The first-order valence-corrected chi connectivity index (χ1v) is 8.12. The quantitative estimate of drug-likeness (QED) is 0.530. The van der Waals surface area contributed by atoms with E-state index in [0.717, 1.165) is 33.4 Å². The highest BCUT2D eigenvalue weighted by molar-refractivity contribution is 5.81. The summed E-state index contributed by atoms with van der Waals surface area (Å²) in [4.78, 5) is 21.2. The van der Waals surface area contributed by atoms with Crippen LogP contribution in [0.2, 0.25) is 0 Å². The Morgan fingerprint density at radius 2 is 1.77 bits per heavy atom. The molecule has 2 aromatic heterocycles. The lowest BCUT2D eigenvalue weighted by molar-refractivity contribution is 1.14. The highest BCUT2D eigenvalue weighted by atomic mass is 16.1. The summed E-state index contributed by atoms with van der Waals surface area (Å²) in [6, 6.07) is 17.3. The van der Waals surface area contributed by atoms with Crippen molar-refractivity contribution >= 4 is 16.7 Å². The molecule has 0 aliphatic rings. The fourth-order valence-electron chi connectivity index (χ4n) is 2.81. The monoisotopic (exact) mass is 341 g/mol. The molecule has 0 atom stereocenters. The third-order valence-electron chi connectivity index (χ3n) is 4.17. The SMILES string of the molecule is N#Cc1ccc(CNc2cncc(-c3ccc4[nH]c(=O)[nH]c4c3)c2)cc1. The minimum Gasteiger partial charge on any atom is -0.380 e. The van der Waals surface area contributed by atoms with E-state index in [1.54, 1.807) is 24.5 Å². The van der Waals surface area contributed by atoms with E-state index < -0.39 is 0 Å². The highest BCUT2D eigenvalue weighted by Crippen LogP contribution is 2.24. The molecule has 0 radical (unpaired) electrons. The number of anilines is 1. The number of imidazole rings is 1. The molecule has 0 aliphatic carbocycles. The molecule has 0 spiro atoms. The van der Waals surface area contributed by atoms with Gasteiger partial charge in [-0.3, -0.25) is 4.98 Å². The number of fused-ring (bicyclic) bond motifs is 1. The van der Waals surface area contributed by atoms with Crippen LogP contribution in [0.5, 0.6) is 0 Å². The number of rotatable bonds is 4. The average molecular weight is 341 g/mol. The Kier molecular flexibility index (Phi) is 3.96. The number of hydrogen-bond donors (Lipinski definition) is 3. The maximum Gasteiger partial charge on any atom is 0.323 e. The van der Waals surface area contributed by atoms with Crippen LogP contribution in [0, 0.1) is 11.3 Å². The van der Waals surface area contributed by atoms with Gasteiger partial charge in [0.2, 0.25) is 0 Å². The molecule has 0 bridgehead atoms. The zero-order valence-electron chi connectivity index (χ0n) is 13.8. The van der Waals surface area contributed by atoms with E-state index in [9.17, 15) is 4.79 Å². The lowest BCUT2D eigenvalue weighted by Crippen LogP contribution is -2.00. The van der Waals surface area contributed by atoms with Crippen LogP contribution >= 0.6 is 0 Å². The van der Waals surface area contributed by atoms with Gasteiger partial charge in [0.05, 0.1) is 28.4 Å². The molecule has 26 heavy (non-hydrogen) atoms. The molecule has 0 saturated heterocycles. The Morgan fingerprint density at radius 1 is 0.962 bits per heavy atom. The second-order valence-corrected chi connectivity index (χ2v) is 5.96. The second-order valence-electron chi connectivity index (χ2n) is 5.96. The molecule has 0 unspecified atom stereocenters. The lowest BCUT2D eigenvalue weighted by atomic mass is 10.1. The Morgan fingerprint density at radius 3 is 2.58 bits per heavy atom. The van der Waals surface area contributed by atoms with Crippen molar-refractivity contribution in [2.24, 2.45) is 0 Å². The molecule has 0 aliphatic heterocycles. The summed E-state index contributed by atoms with van der Waals surface area (Å²) in [5, 5.41) is 12.2. The van der Waals surface area contributed by atoms with Crippen LogP contribution in [0.3, 0.4) is 0 Å². The van der Waals surface area contributed by atoms with Crippen LogP contribution in [-0.4, -0.2) is 15.0 Å². The van der Waals surface area contributed by atoms with Gasteiger partial charge in [-0.05, 0) is 41.5 Å². The van der Waals surface area contributed by atoms with Crippen LogP contribution < -0.4 is 11.0 Å². The van der Waals surface area contributed by atoms with Crippen LogP contribution in [0.1, 0.15) is 11.1 Å². The van der Waals surface area contributed by atoms with Gasteiger partial charge in [-0.25, -0.2) is 4.79 Å². The van der Waals surface area contributed by atoms with Gasteiger partial charge >= 0.3 is 5.69 Å². The van der Waals surface area contributed by atoms with Gasteiger partial charge in [0.25, 0.3) is 0 Å². The van der Waals surface area contributed by atoms with Crippen molar-refractivity contribution in [3.63, 3.8) is 0 Å². The third-order valence-corrected chi connectivity index (χ3v) is 4.17. The molecule has 2 aromatic carbocycles. The third kappa shape index (κ3) is 3.19. The van der Waals surface area contributed by atoms with Gasteiger partial charge in [0.1, 0.15) is 0 Å². The van der Waals surface area contributed by atoms with Gasteiger partial charge in [0, 0.05) is 24.5 Å². The molecule has 2 heterocycles. The maximum atomic E-state index is 11.4. The number of benzene rings is 2. The first-order chi connectivity index (χ1) is 12.7. The fraction of sp³-hybridized carbons (Fsp3) is 0.0500. The van der Waals surface area contributed by atoms with Crippen LogP contribution in [0.15, 0.2) is 65.7 Å². The highest BCUT2D eigenvalue weighted by Gasteiger charge is 2.04. The predicted octanol–water partition coefficient (Wildman–Crippen LogP) is 3.40. The van der Waals surface area contributed by atoms with Gasteiger partial charge < -0.3 is 15.3 Å². The van der Waals surface area contributed by atoms with Crippen molar-refractivity contribution in [3.05, 3.63) is 82.5 Å². The van der Waals surface area contributed by atoms with Crippen LogP contribution in [0.25, 0.3) is 22.2 Å². The number of nitriles is 1. The predicted molar refractivity (Wildman–Crippen MR) is 101 cm³/mol. The van der Waals surface area contributed by atoms with Crippen molar-refractivity contribution in [3.8, 4) is 17.2 Å². The molecule has 126 valence electrons. The summed E-state index contributed by atoms with van der Waals surface area (Å²) in [5.41, 5.74) is 5.89. The van der Waals surface area contributed by atoms with E-state index in [1.807, 2.05) is 36.4 Å². The Labute approximate surface area is 149 Å². The molecule has 0 fully saturated rings. The van der Waals surface area contributed by atoms with Gasteiger partial charge in [-0.2, -0.15) is 5.26 Å². The molecular formula is C20H15N5O. The number of pyridine rings is 1. The maximum absolute atomic E-state index is 11.4. The van der Waals surface area contributed by atoms with Crippen molar-refractivity contribution in [1.29, 1.82) is 5.26 Å². The lowest BCUT2D eigenvalue weighted by Gasteiger charge is -2.08. The van der Waals surface area contributed by atoms with E-state index in [1.165, 1.54) is 0 Å². The van der Waals surface area contributed by atoms with Gasteiger partial charge in [0.15, 0.2) is 0 Å². The van der Waals surface area contributed by atoms with Crippen molar-refractivity contribution in [2.75, 3.05) is 5.32 Å². The van der Waals surface area contributed by atoms with Crippen molar-refractivity contribution < 1.29 is 0 Å². The van der Waals surface area contributed by atoms with Gasteiger partial charge in [-0.1, -0.05) is 18.2 Å². The van der Waals surface area contributed by atoms with Crippen LogP contribution in [-0.2, 0) is 6.54 Å². The Balaban J connectivity index is 1.55. The molecule has 4 aromatic rings. The Bertz CT molecular complexity index is 1170. The van der Waals surface area contributed by atoms with Crippen LogP contribution in [0.4, 0.5) is 5.69 Å². The van der Waals surface area contributed by atoms with E-state index >= 15 is 0 Å². The molecule has 0 amide bonds. The number of nitrogens with one attached hydrogen (secondary N) is 3. The summed E-state index contributed by atoms with van der Waals surface area (Å²) in [5.74, 6) is 0. The molecule has 6 nitrogen and oxygen atoms in total. The first-order valence-electron chi connectivity index (χ1n) is 8.12.